The highest BCUT2D eigenvalue weighted by Crippen LogP contribution is 2.24. The highest BCUT2D eigenvalue weighted by molar-refractivity contribution is 5.77. The molecule has 1 atom stereocenters. The predicted molar refractivity (Wildman–Crippen MR) is 57.6 cm³/mol. The topological polar surface area (TPSA) is 42.6 Å². The zero-order valence-corrected chi connectivity index (χ0v) is 8.94. The van der Waals surface area contributed by atoms with Crippen LogP contribution in [0, 0.1) is 5.82 Å². The van der Waals surface area contributed by atoms with E-state index >= 15 is 0 Å². The maximum absolute atomic E-state index is 12.9. The Balaban J connectivity index is 2.25. The summed E-state index contributed by atoms with van der Waals surface area (Å²) in [4.78, 5) is 0. The molecule has 2 rings (SSSR count). The Morgan fingerprint density at radius 2 is 2.25 bits per heavy atom. The quantitative estimate of drug-likeness (QED) is 0.868. The molecular weight excluding hydrogens is 211 g/mol. The molecule has 0 aliphatic heterocycles. The molecule has 0 saturated carbocycles. The lowest BCUT2D eigenvalue weighted by molar-refractivity contribution is 0.0312. The van der Waals surface area contributed by atoms with Gasteiger partial charge < -0.3 is 14.3 Å². The average Bonchev–Trinajstić information content (AvgIpc) is 2.68. The molecule has 86 valence electrons. The van der Waals surface area contributed by atoms with Gasteiger partial charge in [-0.05, 0) is 31.2 Å². The van der Waals surface area contributed by atoms with Gasteiger partial charge in [0.15, 0.2) is 0 Å². The molecule has 0 amide bonds. The van der Waals surface area contributed by atoms with Crippen LogP contribution in [0.5, 0.6) is 0 Å². The van der Waals surface area contributed by atoms with Crippen LogP contribution in [-0.2, 0) is 4.74 Å². The number of benzene rings is 1. The van der Waals surface area contributed by atoms with Gasteiger partial charge in [0.25, 0.3) is 0 Å². The van der Waals surface area contributed by atoms with Crippen LogP contribution in [0.15, 0.2) is 28.7 Å². The molecular formula is C12H13FO3. The third kappa shape index (κ3) is 2.23. The standard InChI is InChI=1S/C12H13FO3/c1-2-15-7-10(14)12-6-8-5-9(13)3-4-11(8)16-12/h3-6,10,14H,2,7H2,1H3. The highest BCUT2D eigenvalue weighted by atomic mass is 19.1. The number of fused-ring (bicyclic) bond motifs is 1. The largest absolute Gasteiger partial charge is 0.458 e. The Labute approximate surface area is 92.4 Å². The maximum atomic E-state index is 12.9. The summed E-state index contributed by atoms with van der Waals surface area (Å²) in [5, 5.41) is 10.4. The number of furan rings is 1. The van der Waals surface area contributed by atoms with E-state index in [1.165, 1.54) is 12.1 Å². The summed E-state index contributed by atoms with van der Waals surface area (Å²) in [5.41, 5.74) is 0.562. The number of halogens is 1. The zero-order valence-electron chi connectivity index (χ0n) is 8.94. The van der Waals surface area contributed by atoms with Crippen molar-refractivity contribution in [3.05, 3.63) is 35.8 Å². The molecule has 0 fully saturated rings. The summed E-state index contributed by atoms with van der Waals surface area (Å²) in [6.07, 6.45) is -0.810. The molecule has 0 radical (unpaired) electrons. The van der Waals surface area contributed by atoms with E-state index < -0.39 is 6.10 Å². The van der Waals surface area contributed by atoms with Crippen molar-refractivity contribution in [3.63, 3.8) is 0 Å². The van der Waals surface area contributed by atoms with Crippen molar-refractivity contribution in [2.24, 2.45) is 0 Å². The predicted octanol–water partition coefficient (Wildman–Crippen LogP) is 2.64. The molecule has 1 N–H and O–H groups in total. The van der Waals surface area contributed by atoms with Crippen LogP contribution in [0.1, 0.15) is 18.8 Å². The lowest BCUT2D eigenvalue weighted by Crippen LogP contribution is -2.05. The Kier molecular flexibility index (Phi) is 3.22. The van der Waals surface area contributed by atoms with Crippen LogP contribution < -0.4 is 0 Å². The van der Waals surface area contributed by atoms with E-state index in [1.54, 1.807) is 12.1 Å². The van der Waals surface area contributed by atoms with E-state index in [-0.39, 0.29) is 12.4 Å². The Morgan fingerprint density at radius 3 is 3.00 bits per heavy atom. The van der Waals surface area contributed by atoms with Crippen molar-refractivity contribution in [1.82, 2.24) is 0 Å². The second kappa shape index (κ2) is 4.63. The Morgan fingerprint density at radius 1 is 1.44 bits per heavy atom. The molecule has 1 aromatic heterocycles. The van der Waals surface area contributed by atoms with Crippen LogP contribution in [0.3, 0.4) is 0 Å². The fourth-order valence-electron chi connectivity index (χ4n) is 1.51. The summed E-state index contributed by atoms with van der Waals surface area (Å²) in [6, 6.07) is 5.87. The van der Waals surface area contributed by atoms with E-state index in [0.29, 0.717) is 23.3 Å². The summed E-state index contributed by atoms with van der Waals surface area (Å²) in [5.74, 6) is 0.0770. The summed E-state index contributed by atoms with van der Waals surface area (Å²) in [6.45, 7) is 2.56. The van der Waals surface area contributed by atoms with Gasteiger partial charge in [0.1, 0.15) is 23.3 Å². The van der Waals surface area contributed by atoms with Crippen molar-refractivity contribution in [1.29, 1.82) is 0 Å². The minimum atomic E-state index is -0.810. The van der Waals surface area contributed by atoms with Crippen molar-refractivity contribution in [2.75, 3.05) is 13.2 Å². The average molecular weight is 224 g/mol. The molecule has 0 saturated heterocycles. The normalized spacial score (nSPS) is 13.2. The van der Waals surface area contributed by atoms with Crippen molar-refractivity contribution < 1.29 is 18.7 Å². The molecule has 0 aliphatic carbocycles. The molecule has 0 spiro atoms. The lowest BCUT2D eigenvalue weighted by atomic mass is 10.2. The van der Waals surface area contributed by atoms with E-state index in [9.17, 15) is 9.50 Å². The molecule has 3 nitrogen and oxygen atoms in total. The first kappa shape index (κ1) is 11.1. The third-order valence-corrected chi connectivity index (χ3v) is 2.31. The van der Waals surface area contributed by atoms with Crippen LogP contribution in [0.2, 0.25) is 0 Å². The number of ether oxygens (including phenoxy) is 1. The van der Waals surface area contributed by atoms with Gasteiger partial charge in [-0.3, -0.25) is 0 Å². The second-order valence-corrected chi connectivity index (χ2v) is 3.51. The van der Waals surface area contributed by atoms with Crippen LogP contribution in [-0.4, -0.2) is 18.3 Å². The van der Waals surface area contributed by atoms with Gasteiger partial charge >= 0.3 is 0 Å². The second-order valence-electron chi connectivity index (χ2n) is 3.51. The van der Waals surface area contributed by atoms with E-state index in [2.05, 4.69) is 0 Å². The van der Waals surface area contributed by atoms with Crippen LogP contribution in [0.25, 0.3) is 11.0 Å². The molecule has 1 aromatic carbocycles. The van der Waals surface area contributed by atoms with Gasteiger partial charge in [-0.1, -0.05) is 0 Å². The third-order valence-electron chi connectivity index (χ3n) is 2.31. The van der Waals surface area contributed by atoms with Gasteiger partial charge in [0, 0.05) is 12.0 Å². The van der Waals surface area contributed by atoms with E-state index in [4.69, 9.17) is 9.15 Å². The van der Waals surface area contributed by atoms with Crippen molar-refractivity contribution in [2.45, 2.75) is 13.0 Å². The fourth-order valence-corrected chi connectivity index (χ4v) is 1.51. The van der Waals surface area contributed by atoms with Crippen LogP contribution >= 0.6 is 0 Å². The minimum absolute atomic E-state index is 0.179. The maximum Gasteiger partial charge on any atom is 0.136 e. The fraction of sp³-hybridized carbons (Fsp3) is 0.333. The number of hydrogen-bond acceptors (Lipinski definition) is 3. The van der Waals surface area contributed by atoms with Gasteiger partial charge in [-0.25, -0.2) is 4.39 Å². The SMILES string of the molecule is CCOCC(O)c1cc2cc(F)ccc2o1. The summed E-state index contributed by atoms with van der Waals surface area (Å²) >= 11 is 0. The summed E-state index contributed by atoms with van der Waals surface area (Å²) < 4.78 is 23.4. The highest BCUT2D eigenvalue weighted by Gasteiger charge is 2.13. The number of aliphatic hydroxyl groups excluding tert-OH is 1. The first-order valence-electron chi connectivity index (χ1n) is 5.15. The number of aliphatic hydroxyl groups is 1. The van der Waals surface area contributed by atoms with Gasteiger partial charge in [0.05, 0.1) is 6.61 Å². The van der Waals surface area contributed by atoms with Gasteiger partial charge in [-0.15, -0.1) is 0 Å². The van der Waals surface area contributed by atoms with Crippen molar-refractivity contribution >= 4 is 11.0 Å². The Bertz CT molecular complexity index is 478. The lowest BCUT2D eigenvalue weighted by Gasteiger charge is -2.06. The molecule has 1 unspecified atom stereocenters. The minimum Gasteiger partial charge on any atom is -0.458 e. The number of hydrogen-bond donors (Lipinski definition) is 1. The van der Waals surface area contributed by atoms with E-state index in [1.807, 2.05) is 6.92 Å². The van der Waals surface area contributed by atoms with Crippen molar-refractivity contribution in [3.8, 4) is 0 Å². The Hall–Kier alpha value is -1.39. The van der Waals surface area contributed by atoms with Gasteiger partial charge in [0.2, 0.25) is 0 Å². The number of rotatable bonds is 4. The zero-order chi connectivity index (χ0) is 11.5. The first-order chi connectivity index (χ1) is 7.70. The monoisotopic (exact) mass is 224 g/mol. The molecule has 1 heterocycles. The van der Waals surface area contributed by atoms with E-state index in [0.717, 1.165) is 0 Å². The molecule has 4 heteroatoms. The molecule has 2 aromatic rings. The van der Waals surface area contributed by atoms with Gasteiger partial charge in [-0.2, -0.15) is 0 Å². The first-order valence-corrected chi connectivity index (χ1v) is 5.15. The molecule has 16 heavy (non-hydrogen) atoms. The summed E-state index contributed by atoms with van der Waals surface area (Å²) in [7, 11) is 0. The van der Waals surface area contributed by atoms with Crippen LogP contribution in [0.4, 0.5) is 4.39 Å². The smallest absolute Gasteiger partial charge is 0.136 e. The molecule has 0 bridgehead atoms. The molecule has 0 aliphatic rings.